The summed E-state index contributed by atoms with van der Waals surface area (Å²) in [7, 11) is 0. The number of aromatic nitrogens is 3. The highest BCUT2D eigenvalue weighted by Crippen LogP contribution is 2.34. The molecule has 1 amide bonds. The molecule has 1 aliphatic rings. The molecule has 1 aromatic heterocycles. The van der Waals surface area contributed by atoms with Gasteiger partial charge in [-0.05, 0) is 11.8 Å². The molecular formula is C13H22N4O2. The summed E-state index contributed by atoms with van der Waals surface area (Å²) in [6, 6.07) is 0. The van der Waals surface area contributed by atoms with E-state index in [0.717, 1.165) is 13.0 Å². The van der Waals surface area contributed by atoms with Gasteiger partial charge in [0.25, 0.3) is 0 Å². The quantitative estimate of drug-likeness (QED) is 0.877. The molecule has 2 heterocycles. The Morgan fingerprint density at radius 1 is 1.53 bits per heavy atom. The molecule has 0 radical (unpaired) electrons. The number of hydrogen-bond acceptors (Lipinski definition) is 4. The molecule has 19 heavy (non-hydrogen) atoms. The minimum Gasteiger partial charge on any atom is -0.377 e. The Bertz CT molecular complexity index is 411. The second-order valence-electron chi connectivity index (χ2n) is 6.10. The molecule has 0 saturated carbocycles. The van der Waals surface area contributed by atoms with Gasteiger partial charge in [-0.15, -0.1) is 0 Å². The Hall–Kier alpha value is -1.43. The van der Waals surface area contributed by atoms with Gasteiger partial charge >= 0.3 is 0 Å². The molecule has 0 spiro atoms. The molecule has 2 atom stereocenters. The Morgan fingerprint density at radius 3 is 2.95 bits per heavy atom. The van der Waals surface area contributed by atoms with Crippen LogP contribution in [0.15, 0.2) is 12.7 Å². The van der Waals surface area contributed by atoms with Gasteiger partial charge < -0.3 is 10.1 Å². The van der Waals surface area contributed by atoms with E-state index in [4.69, 9.17) is 4.74 Å². The third-order valence-electron chi connectivity index (χ3n) is 3.40. The Morgan fingerprint density at radius 2 is 2.32 bits per heavy atom. The molecule has 1 aromatic rings. The smallest absolute Gasteiger partial charge is 0.241 e. The van der Waals surface area contributed by atoms with E-state index in [0.29, 0.717) is 12.5 Å². The van der Waals surface area contributed by atoms with Crippen molar-refractivity contribution in [3.8, 4) is 0 Å². The lowest BCUT2D eigenvalue weighted by Gasteiger charge is -2.31. The van der Waals surface area contributed by atoms with Gasteiger partial charge in [-0.25, -0.2) is 9.67 Å². The first-order chi connectivity index (χ1) is 8.97. The lowest BCUT2D eigenvalue weighted by Crippen LogP contribution is -2.39. The summed E-state index contributed by atoms with van der Waals surface area (Å²) in [5.41, 5.74) is 0.109. The molecule has 2 rings (SSSR count). The van der Waals surface area contributed by atoms with E-state index >= 15 is 0 Å². The van der Waals surface area contributed by atoms with Crippen LogP contribution in [0.3, 0.4) is 0 Å². The van der Waals surface area contributed by atoms with Crippen LogP contribution >= 0.6 is 0 Å². The highest BCUT2D eigenvalue weighted by molar-refractivity contribution is 5.75. The van der Waals surface area contributed by atoms with Crippen LogP contribution in [0.1, 0.15) is 27.2 Å². The number of amides is 1. The van der Waals surface area contributed by atoms with Gasteiger partial charge in [0.15, 0.2) is 0 Å². The molecule has 1 fully saturated rings. The summed E-state index contributed by atoms with van der Waals surface area (Å²) in [5, 5.41) is 6.87. The zero-order chi connectivity index (χ0) is 13.9. The van der Waals surface area contributed by atoms with Gasteiger partial charge in [0.05, 0.1) is 6.10 Å². The molecule has 0 aliphatic carbocycles. The maximum Gasteiger partial charge on any atom is 0.241 e. The maximum atomic E-state index is 11.8. The number of nitrogens with zero attached hydrogens (tertiary/aromatic N) is 3. The van der Waals surface area contributed by atoms with Gasteiger partial charge in [-0.2, -0.15) is 5.10 Å². The number of rotatable bonds is 4. The monoisotopic (exact) mass is 266 g/mol. The van der Waals surface area contributed by atoms with Gasteiger partial charge in [0.2, 0.25) is 5.91 Å². The first kappa shape index (κ1) is 14.0. The summed E-state index contributed by atoms with van der Waals surface area (Å²) in [4.78, 5) is 15.6. The number of hydrogen-bond donors (Lipinski definition) is 1. The van der Waals surface area contributed by atoms with Crippen molar-refractivity contribution in [3.63, 3.8) is 0 Å². The van der Waals surface area contributed by atoms with Crippen LogP contribution in [-0.4, -0.2) is 39.9 Å². The summed E-state index contributed by atoms with van der Waals surface area (Å²) in [5.74, 6) is 0.352. The van der Waals surface area contributed by atoms with Crippen molar-refractivity contribution in [1.29, 1.82) is 0 Å². The minimum absolute atomic E-state index is 0.0370. The van der Waals surface area contributed by atoms with E-state index in [1.54, 1.807) is 0 Å². The van der Waals surface area contributed by atoms with Crippen LogP contribution in [-0.2, 0) is 16.1 Å². The third-order valence-corrected chi connectivity index (χ3v) is 3.40. The van der Waals surface area contributed by atoms with Crippen LogP contribution in [0.25, 0.3) is 0 Å². The lowest BCUT2D eigenvalue weighted by molar-refractivity contribution is -0.122. The topological polar surface area (TPSA) is 69.0 Å². The van der Waals surface area contributed by atoms with Crippen molar-refractivity contribution in [1.82, 2.24) is 20.1 Å². The van der Waals surface area contributed by atoms with E-state index in [2.05, 4.69) is 36.2 Å². The number of carbonyl (C=O) groups excluding carboxylic acids is 1. The summed E-state index contributed by atoms with van der Waals surface area (Å²) in [6.07, 6.45) is 4.18. The van der Waals surface area contributed by atoms with Crippen LogP contribution in [0.4, 0.5) is 0 Å². The van der Waals surface area contributed by atoms with Crippen molar-refractivity contribution in [2.75, 3.05) is 13.2 Å². The fourth-order valence-corrected chi connectivity index (χ4v) is 2.56. The molecule has 1 aliphatic heterocycles. The van der Waals surface area contributed by atoms with Crippen LogP contribution in [0.2, 0.25) is 0 Å². The van der Waals surface area contributed by atoms with E-state index in [1.165, 1.54) is 17.3 Å². The first-order valence-corrected chi connectivity index (χ1v) is 6.67. The van der Waals surface area contributed by atoms with Gasteiger partial charge in [0, 0.05) is 19.1 Å². The largest absolute Gasteiger partial charge is 0.377 e. The van der Waals surface area contributed by atoms with Crippen LogP contribution < -0.4 is 5.32 Å². The summed E-state index contributed by atoms with van der Waals surface area (Å²) in [6.45, 7) is 8.18. The second-order valence-corrected chi connectivity index (χ2v) is 6.10. The third kappa shape index (κ3) is 3.76. The molecule has 1 saturated heterocycles. The first-order valence-electron chi connectivity index (χ1n) is 6.67. The average molecular weight is 266 g/mol. The Labute approximate surface area is 113 Å². The molecule has 6 heteroatoms. The highest BCUT2D eigenvalue weighted by Gasteiger charge is 2.37. The number of carbonyl (C=O) groups is 1. The van der Waals surface area contributed by atoms with Crippen LogP contribution in [0.5, 0.6) is 0 Å². The van der Waals surface area contributed by atoms with E-state index < -0.39 is 0 Å². The van der Waals surface area contributed by atoms with Crippen molar-refractivity contribution >= 4 is 5.91 Å². The minimum atomic E-state index is -0.0370. The predicted molar refractivity (Wildman–Crippen MR) is 70.3 cm³/mol. The van der Waals surface area contributed by atoms with Gasteiger partial charge in [-0.1, -0.05) is 20.8 Å². The lowest BCUT2D eigenvalue weighted by atomic mass is 9.81. The zero-order valence-electron chi connectivity index (χ0n) is 11.8. The average Bonchev–Trinajstić information content (AvgIpc) is 2.95. The highest BCUT2D eigenvalue weighted by atomic mass is 16.5. The molecule has 0 unspecified atom stereocenters. The summed E-state index contributed by atoms with van der Waals surface area (Å²) < 4.78 is 7.30. The van der Waals surface area contributed by atoms with E-state index in [9.17, 15) is 4.79 Å². The van der Waals surface area contributed by atoms with E-state index in [1.807, 2.05) is 0 Å². The molecule has 0 aromatic carbocycles. The molecule has 1 N–H and O–H groups in total. The van der Waals surface area contributed by atoms with Crippen LogP contribution in [0, 0.1) is 11.3 Å². The van der Waals surface area contributed by atoms with Crippen molar-refractivity contribution in [3.05, 3.63) is 12.7 Å². The molecule has 6 nitrogen and oxygen atoms in total. The SMILES string of the molecule is CC(C)(C)[C@H]1OCC[C@@H]1CNC(=O)Cn1cncn1. The maximum absolute atomic E-state index is 11.8. The van der Waals surface area contributed by atoms with E-state index in [-0.39, 0.29) is 24.0 Å². The summed E-state index contributed by atoms with van der Waals surface area (Å²) >= 11 is 0. The standard InChI is InChI=1S/C13H22N4O2/c1-13(2,3)12-10(4-5-19-12)6-15-11(18)7-17-9-14-8-16-17/h8-10,12H,4-7H2,1-3H3,(H,15,18)/t10-,12+/m1/s1. The molecule has 106 valence electrons. The molecular weight excluding hydrogens is 244 g/mol. The Balaban J connectivity index is 1.80. The second kappa shape index (κ2) is 5.69. The van der Waals surface area contributed by atoms with Crippen molar-refractivity contribution in [2.45, 2.75) is 39.8 Å². The van der Waals surface area contributed by atoms with Gasteiger partial charge in [0.1, 0.15) is 19.2 Å². The number of ether oxygens (including phenoxy) is 1. The van der Waals surface area contributed by atoms with Gasteiger partial charge in [-0.3, -0.25) is 4.79 Å². The zero-order valence-corrected chi connectivity index (χ0v) is 11.8. The van der Waals surface area contributed by atoms with Crippen molar-refractivity contribution in [2.24, 2.45) is 11.3 Å². The Kier molecular flexibility index (Phi) is 4.19. The normalized spacial score (nSPS) is 23.5. The fraction of sp³-hybridized carbons (Fsp3) is 0.769. The van der Waals surface area contributed by atoms with Crippen molar-refractivity contribution < 1.29 is 9.53 Å². The molecule has 0 bridgehead atoms. The number of nitrogens with one attached hydrogen (secondary N) is 1. The fourth-order valence-electron chi connectivity index (χ4n) is 2.56. The predicted octanol–water partition coefficient (Wildman–Crippen LogP) is 0.845.